The van der Waals surface area contributed by atoms with Crippen LogP contribution in [0.3, 0.4) is 0 Å². The molecule has 0 fully saturated rings. The summed E-state index contributed by atoms with van der Waals surface area (Å²) in [6.45, 7) is 0.694. The Hall–Kier alpha value is -2.25. The van der Waals surface area contributed by atoms with Crippen molar-refractivity contribution in [2.45, 2.75) is 13.0 Å². The van der Waals surface area contributed by atoms with Crippen LogP contribution < -0.4 is 5.32 Å². The van der Waals surface area contributed by atoms with Gasteiger partial charge in [0.05, 0.1) is 0 Å². The lowest BCUT2D eigenvalue weighted by molar-refractivity contribution is -0.121. The topological polar surface area (TPSA) is 101 Å². The predicted octanol–water partition coefficient (Wildman–Crippen LogP) is -1.24. The van der Waals surface area contributed by atoms with Crippen molar-refractivity contribution in [1.29, 1.82) is 0 Å². The number of aromatic amines is 1. The zero-order valence-electron chi connectivity index (χ0n) is 8.50. The minimum atomic E-state index is -0.106. The Morgan fingerprint density at radius 2 is 2.44 bits per heavy atom. The second kappa shape index (κ2) is 5.01. The van der Waals surface area contributed by atoms with Crippen molar-refractivity contribution in [1.82, 2.24) is 35.3 Å². The van der Waals surface area contributed by atoms with Crippen molar-refractivity contribution in [3.8, 4) is 0 Å². The summed E-state index contributed by atoms with van der Waals surface area (Å²) in [5, 5.41) is 13.0. The van der Waals surface area contributed by atoms with Gasteiger partial charge in [-0.05, 0) is 0 Å². The van der Waals surface area contributed by atoms with E-state index >= 15 is 0 Å². The zero-order valence-corrected chi connectivity index (χ0v) is 8.50. The highest BCUT2D eigenvalue weighted by atomic mass is 16.2. The van der Waals surface area contributed by atoms with Crippen molar-refractivity contribution in [3.63, 3.8) is 0 Å². The van der Waals surface area contributed by atoms with Crippen LogP contribution in [0.2, 0.25) is 0 Å². The second-order valence-corrected chi connectivity index (χ2v) is 3.13. The van der Waals surface area contributed by atoms with E-state index in [9.17, 15) is 4.79 Å². The Kier molecular flexibility index (Phi) is 3.22. The maximum Gasteiger partial charge on any atom is 0.241 e. The Balaban J connectivity index is 1.68. The standard InChI is InChI=1S/C8H11N7O/c16-8(3-15-6-9-4-13-15)10-2-1-7-11-5-12-14-7/h4-6H,1-3H2,(H,10,16)(H,11,12,14). The lowest BCUT2D eigenvalue weighted by atomic mass is 10.4. The van der Waals surface area contributed by atoms with Crippen LogP contribution in [0, 0.1) is 0 Å². The van der Waals surface area contributed by atoms with Crippen LogP contribution in [0.1, 0.15) is 5.82 Å². The Morgan fingerprint density at radius 1 is 1.50 bits per heavy atom. The number of H-pyrrole nitrogens is 1. The van der Waals surface area contributed by atoms with Crippen molar-refractivity contribution < 1.29 is 4.79 Å². The fraction of sp³-hybridized carbons (Fsp3) is 0.375. The van der Waals surface area contributed by atoms with Gasteiger partial charge in [-0.2, -0.15) is 10.2 Å². The third-order valence-corrected chi connectivity index (χ3v) is 1.92. The number of rotatable bonds is 5. The van der Waals surface area contributed by atoms with E-state index in [1.54, 1.807) is 0 Å². The van der Waals surface area contributed by atoms with Crippen LogP contribution >= 0.6 is 0 Å². The van der Waals surface area contributed by atoms with Crippen LogP contribution in [0.5, 0.6) is 0 Å². The van der Waals surface area contributed by atoms with Crippen LogP contribution in [-0.2, 0) is 17.8 Å². The highest BCUT2D eigenvalue weighted by Crippen LogP contribution is 1.86. The van der Waals surface area contributed by atoms with Crippen molar-refractivity contribution >= 4 is 5.91 Å². The molecule has 0 saturated carbocycles. The SMILES string of the molecule is O=C(Cn1cncn1)NCCc1ncn[nH]1. The average molecular weight is 221 g/mol. The van der Waals surface area contributed by atoms with Crippen LogP contribution in [0.15, 0.2) is 19.0 Å². The van der Waals surface area contributed by atoms with E-state index in [4.69, 9.17) is 0 Å². The van der Waals surface area contributed by atoms with Crippen molar-refractivity contribution in [2.24, 2.45) is 0 Å². The lowest BCUT2D eigenvalue weighted by Crippen LogP contribution is -2.29. The van der Waals surface area contributed by atoms with E-state index in [2.05, 4.69) is 30.6 Å². The van der Waals surface area contributed by atoms with E-state index in [-0.39, 0.29) is 12.5 Å². The molecule has 2 heterocycles. The summed E-state index contributed by atoms with van der Waals surface area (Å²) in [5.41, 5.74) is 0. The number of hydrogen-bond donors (Lipinski definition) is 2. The number of nitrogens with one attached hydrogen (secondary N) is 2. The Morgan fingerprint density at radius 3 is 3.12 bits per heavy atom. The molecule has 8 heteroatoms. The molecule has 0 atom stereocenters. The number of hydrogen-bond acceptors (Lipinski definition) is 5. The third kappa shape index (κ3) is 2.87. The molecule has 0 aliphatic rings. The Bertz CT molecular complexity index is 421. The molecule has 0 saturated heterocycles. The van der Waals surface area contributed by atoms with E-state index in [0.29, 0.717) is 13.0 Å². The predicted molar refractivity (Wildman–Crippen MR) is 53.1 cm³/mol. The lowest BCUT2D eigenvalue weighted by Gasteiger charge is -2.03. The number of aromatic nitrogens is 6. The van der Waals surface area contributed by atoms with Gasteiger partial charge in [-0.15, -0.1) is 0 Å². The molecule has 2 N–H and O–H groups in total. The fourth-order valence-corrected chi connectivity index (χ4v) is 1.19. The molecule has 2 aromatic rings. The summed E-state index contributed by atoms with van der Waals surface area (Å²) < 4.78 is 1.46. The molecule has 2 rings (SSSR count). The van der Waals surface area contributed by atoms with Gasteiger partial charge in [0.1, 0.15) is 31.4 Å². The highest BCUT2D eigenvalue weighted by molar-refractivity contribution is 5.75. The van der Waals surface area contributed by atoms with Gasteiger partial charge in [0.15, 0.2) is 0 Å². The van der Waals surface area contributed by atoms with Crippen LogP contribution in [0.4, 0.5) is 0 Å². The molecule has 0 radical (unpaired) electrons. The van der Waals surface area contributed by atoms with E-state index in [1.165, 1.54) is 23.7 Å². The average Bonchev–Trinajstić information content (AvgIpc) is 2.90. The van der Waals surface area contributed by atoms with Gasteiger partial charge in [0.25, 0.3) is 0 Å². The molecule has 84 valence electrons. The molecule has 0 aliphatic carbocycles. The first kappa shape index (κ1) is 10.3. The van der Waals surface area contributed by atoms with Crippen molar-refractivity contribution in [2.75, 3.05) is 6.54 Å². The number of nitrogens with zero attached hydrogens (tertiary/aromatic N) is 5. The van der Waals surface area contributed by atoms with E-state index in [1.807, 2.05) is 0 Å². The van der Waals surface area contributed by atoms with Crippen LogP contribution in [0.25, 0.3) is 0 Å². The monoisotopic (exact) mass is 221 g/mol. The maximum absolute atomic E-state index is 11.4. The third-order valence-electron chi connectivity index (χ3n) is 1.92. The smallest absolute Gasteiger partial charge is 0.241 e. The summed E-state index contributed by atoms with van der Waals surface area (Å²) in [5.74, 6) is 0.645. The molecule has 16 heavy (non-hydrogen) atoms. The zero-order chi connectivity index (χ0) is 11.2. The van der Waals surface area contributed by atoms with Gasteiger partial charge in [0, 0.05) is 13.0 Å². The summed E-state index contributed by atoms with van der Waals surface area (Å²) in [6, 6.07) is 0. The van der Waals surface area contributed by atoms with Gasteiger partial charge in [-0.3, -0.25) is 9.89 Å². The summed E-state index contributed by atoms with van der Waals surface area (Å²) in [4.78, 5) is 19.1. The highest BCUT2D eigenvalue weighted by Gasteiger charge is 2.03. The number of carbonyl (C=O) groups excluding carboxylic acids is 1. The normalized spacial score (nSPS) is 10.2. The van der Waals surface area contributed by atoms with Gasteiger partial charge in [-0.1, -0.05) is 0 Å². The first-order chi connectivity index (χ1) is 7.84. The molecule has 8 nitrogen and oxygen atoms in total. The summed E-state index contributed by atoms with van der Waals surface area (Å²) in [7, 11) is 0. The first-order valence-electron chi connectivity index (χ1n) is 4.78. The van der Waals surface area contributed by atoms with E-state index in [0.717, 1.165) is 5.82 Å². The molecule has 0 unspecified atom stereocenters. The van der Waals surface area contributed by atoms with Gasteiger partial charge >= 0.3 is 0 Å². The minimum absolute atomic E-state index is 0.106. The molecule has 0 aliphatic heterocycles. The molecule has 0 spiro atoms. The molecular formula is C8H11N7O. The molecule has 1 amide bonds. The molecule has 0 bridgehead atoms. The molecule has 0 aromatic carbocycles. The first-order valence-corrected chi connectivity index (χ1v) is 4.78. The molecular weight excluding hydrogens is 210 g/mol. The minimum Gasteiger partial charge on any atom is -0.354 e. The second-order valence-electron chi connectivity index (χ2n) is 3.13. The van der Waals surface area contributed by atoms with Crippen LogP contribution in [-0.4, -0.2) is 42.4 Å². The van der Waals surface area contributed by atoms with Gasteiger partial charge in [-0.25, -0.2) is 14.6 Å². The van der Waals surface area contributed by atoms with Gasteiger partial charge in [0.2, 0.25) is 5.91 Å². The summed E-state index contributed by atoms with van der Waals surface area (Å²) in [6.07, 6.45) is 4.95. The fourth-order valence-electron chi connectivity index (χ4n) is 1.19. The number of amides is 1. The largest absolute Gasteiger partial charge is 0.354 e. The van der Waals surface area contributed by atoms with E-state index < -0.39 is 0 Å². The summed E-state index contributed by atoms with van der Waals surface area (Å²) >= 11 is 0. The maximum atomic E-state index is 11.4. The van der Waals surface area contributed by atoms with Gasteiger partial charge < -0.3 is 5.32 Å². The molecule has 2 aromatic heterocycles. The Labute approximate surface area is 91.1 Å². The number of carbonyl (C=O) groups is 1. The van der Waals surface area contributed by atoms with Crippen molar-refractivity contribution in [3.05, 3.63) is 24.8 Å². The quantitative estimate of drug-likeness (QED) is 0.657.